The third-order valence-electron chi connectivity index (χ3n) is 8.50. The average molecular weight is 558 g/mol. The van der Waals surface area contributed by atoms with Crippen molar-refractivity contribution < 1.29 is 14.0 Å². The SMILES string of the molecule is CC(C)(C)[Si](C)(C)O[C@@H]1C=CC(n2c(Cl)c(C3=C(c4c[nH]c5ccccc45)C(=O)NC3=O)c3ccccc32)C1. The van der Waals surface area contributed by atoms with E-state index in [1.807, 2.05) is 48.5 Å². The summed E-state index contributed by atoms with van der Waals surface area (Å²) in [5.41, 5.74) is 3.71. The normalized spacial score (nSPS) is 20.2. The standard InChI is InChI=1S/C31H32ClN3O3Si/c1-31(2,3)39(4,5)38-19-15-14-18(16-19)35-24-13-9-7-11-21(24)25(28(35)32)27-26(29(36)34-30(27)37)22-17-33-23-12-8-6-10-20(22)23/h6-15,17-19,33H,16H2,1-5H3,(H,34,36,37)/t18?,19-/m1/s1. The van der Waals surface area contributed by atoms with Crippen molar-refractivity contribution in [2.24, 2.45) is 0 Å². The van der Waals surface area contributed by atoms with Crippen LogP contribution in [0.4, 0.5) is 0 Å². The number of carbonyl (C=O) groups excluding carboxylic acids is 2. The van der Waals surface area contributed by atoms with Crippen molar-refractivity contribution in [2.45, 2.75) is 57.5 Å². The van der Waals surface area contributed by atoms with Crippen LogP contribution in [0.3, 0.4) is 0 Å². The fourth-order valence-corrected chi connectivity index (χ4v) is 7.20. The van der Waals surface area contributed by atoms with Gasteiger partial charge in [-0.3, -0.25) is 14.9 Å². The Morgan fingerprint density at radius 3 is 2.36 bits per heavy atom. The molecule has 8 heteroatoms. The first kappa shape index (κ1) is 25.9. The first-order chi connectivity index (χ1) is 18.5. The van der Waals surface area contributed by atoms with Gasteiger partial charge >= 0.3 is 0 Å². The second kappa shape index (κ2) is 9.08. The lowest BCUT2D eigenvalue weighted by molar-refractivity contribution is -0.122. The lowest BCUT2D eigenvalue weighted by Crippen LogP contribution is -2.43. The quantitative estimate of drug-likeness (QED) is 0.154. The topological polar surface area (TPSA) is 76.1 Å². The minimum atomic E-state index is -1.96. The van der Waals surface area contributed by atoms with E-state index in [9.17, 15) is 9.59 Å². The van der Waals surface area contributed by atoms with Gasteiger partial charge in [-0.25, -0.2) is 0 Å². The minimum absolute atomic E-state index is 0.00563. The molecule has 6 rings (SSSR count). The van der Waals surface area contributed by atoms with Gasteiger partial charge in [-0.05, 0) is 30.3 Å². The van der Waals surface area contributed by atoms with E-state index >= 15 is 0 Å². The van der Waals surface area contributed by atoms with Crippen molar-refractivity contribution in [3.8, 4) is 0 Å². The molecule has 2 aromatic heterocycles. The summed E-state index contributed by atoms with van der Waals surface area (Å²) in [4.78, 5) is 29.8. The first-order valence-electron chi connectivity index (χ1n) is 13.3. The van der Waals surface area contributed by atoms with Crippen LogP contribution in [0.2, 0.25) is 23.3 Å². The van der Waals surface area contributed by atoms with Gasteiger partial charge < -0.3 is 14.0 Å². The number of aromatic nitrogens is 2. The molecule has 1 aliphatic carbocycles. The number of allylic oxidation sites excluding steroid dienone is 1. The number of H-pyrrole nitrogens is 1. The number of nitrogens with zero attached hydrogens (tertiary/aromatic N) is 1. The molecular weight excluding hydrogens is 526 g/mol. The highest BCUT2D eigenvalue weighted by Gasteiger charge is 2.41. The molecule has 4 aromatic rings. The van der Waals surface area contributed by atoms with Gasteiger partial charge in [0.15, 0.2) is 8.32 Å². The Kier molecular flexibility index (Phi) is 6.02. The van der Waals surface area contributed by atoms with Gasteiger partial charge in [-0.1, -0.05) is 80.9 Å². The number of amides is 2. The highest BCUT2D eigenvalue weighted by atomic mass is 35.5. The van der Waals surface area contributed by atoms with Crippen LogP contribution in [-0.4, -0.2) is 35.8 Å². The first-order valence-corrected chi connectivity index (χ1v) is 16.6. The average Bonchev–Trinajstić information content (AvgIpc) is 3.62. The Balaban J connectivity index is 1.48. The highest BCUT2D eigenvalue weighted by Crippen LogP contribution is 2.45. The summed E-state index contributed by atoms with van der Waals surface area (Å²) in [6, 6.07) is 15.6. The number of aromatic amines is 1. The second-order valence-electron chi connectivity index (χ2n) is 11.9. The Hall–Kier alpha value is -3.39. The number of nitrogens with one attached hydrogen (secondary N) is 2. The van der Waals surface area contributed by atoms with E-state index in [2.05, 4.69) is 60.9 Å². The molecule has 0 saturated heterocycles. The third-order valence-corrected chi connectivity index (χ3v) is 13.4. The van der Waals surface area contributed by atoms with E-state index in [1.54, 1.807) is 6.20 Å². The molecular formula is C31H32ClN3O3Si. The van der Waals surface area contributed by atoms with Gasteiger partial charge in [0, 0.05) is 40.0 Å². The molecule has 0 bridgehead atoms. The minimum Gasteiger partial charge on any atom is -0.410 e. The summed E-state index contributed by atoms with van der Waals surface area (Å²) in [6.45, 7) is 11.2. The molecule has 2 N–H and O–H groups in total. The maximum Gasteiger partial charge on any atom is 0.259 e. The van der Waals surface area contributed by atoms with E-state index in [0.717, 1.165) is 28.2 Å². The van der Waals surface area contributed by atoms with Crippen molar-refractivity contribution in [3.63, 3.8) is 0 Å². The van der Waals surface area contributed by atoms with Crippen LogP contribution >= 0.6 is 11.6 Å². The molecule has 1 unspecified atom stereocenters. The van der Waals surface area contributed by atoms with Crippen LogP contribution in [0, 0.1) is 0 Å². The lowest BCUT2D eigenvalue weighted by atomic mass is 9.95. The van der Waals surface area contributed by atoms with Crippen LogP contribution in [-0.2, 0) is 14.0 Å². The summed E-state index contributed by atoms with van der Waals surface area (Å²) in [5.74, 6) is -0.859. The van der Waals surface area contributed by atoms with Crippen LogP contribution in [0.1, 0.15) is 44.4 Å². The molecule has 39 heavy (non-hydrogen) atoms. The van der Waals surface area contributed by atoms with Crippen molar-refractivity contribution in [3.05, 3.63) is 83.2 Å². The van der Waals surface area contributed by atoms with E-state index in [0.29, 0.717) is 27.4 Å². The number of fused-ring (bicyclic) bond motifs is 2. The fraction of sp³-hybridized carbons (Fsp3) is 0.290. The number of hydrogen-bond acceptors (Lipinski definition) is 3. The molecule has 0 spiro atoms. The van der Waals surface area contributed by atoms with Gasteiger partial charge in [0.2, 0.25) is 0 Å². The monoisotopic (exact) mass is 557 g/mol. The number of para-hydroxylation sites is 2. The third kappa shape index (κ3) is 4.11. The molecule has 0 saturated carbocycles. The zero-order chi connectivity index (χ0) is 27.7. The maximum atomic E-state index is 13.4. The van der Waals surface area contributed by atoms with Gasteiger partial charge in [0.1, 0.15) is 5.15 Å². The van der Waals surface area contributed by atoms with Crippen molar-refractivity contribution >= 4 is 64.7 Å². The predicted octanol–water partition coefficient (Wildman–Crippen LogP) is 7.23. The summed E-state index contributed by atoms with van der Waals surface area (Å²) in [6.07, 6.45) is 6.82. The number of hydrogen-bond donors (Lipinski definition) is 2. The Bertz CT molecular complexity index is 1720. The molecule has 6 nitrogen and oxygen atoms in total. The van der Waals surface area contributed by atoms with Crippen molar-refractivity contribution in [1.82, 2.24) is 14.9 Å². The zero-order valence-corrected chi connectivity index (χ0v) is 24.5. The maximum absolute atomic E-state index is 13.4. The molecule has 2 aromatic carbocycles. The van der Waals surface area contributed by atoms with Crippen LogP contribution in [0.25, 0.3) is 33.0 Å². The Labute approximate surface area is 233 Å². The summed E-state index contributed by atoms with van der Waals surface area (Å²) >= 11 is 7.19. The molecule has 1 aliphatic heterocycles. The van der Waals surface area contributed by atoms with Gasteiger partial charge in [-0.15, -0.1) is 0 Å². The van der Waals surface area contributed by atoms with E-state index in [4.69, 9.17) is 16.0 Å². The Morgan fingerprint density at radius 1 is 0.949 bits per heavy atom. The van der Waals surface area contributed by atoms with Gasteiger partial charge in [-0.2, -0.15) is 0 Å². The van der Waals surface area contributed by atoms with Crippen LogP contribution in [0.5, 0.6) is 0 Å². The van der Waals surface area contributed by atoms with E-state index in [-0.39, 0.29) is 17.2 Å². The van der Waals surface area contributed by atoms with E-state index < -0.39 is 20.1 Å². The zero-order valence-electron chi connectivity index (χ0n) is 22.8. The number of carbonyl (C=O) groups is 2. The summed E-state index contributed by atoms with van der Waals surface area (Å²) < 4.78 is 8.76. The Morgan fingerprint density at radius 2 is 1.62 bits per heavy atom. The van der Waals surface area contributed by atoms with Crippen molar-refractivity contribution in [2.75, 3.05) is 0 Å². The number of benzene rings is 2. The highest BCUT2D eigenvalue weighted by molar-refractivity contribution is 6.74. The summed E-state index contributed by atoms with van der Waals surface area (Å²) in [7, 11) is -1.96. The molecule has 200 valence electrons. The van der Waals surface area contributed by atoms with E-state index in [1.165, 1.54) is 0 Å². The fourth-order valence-electron chi connectivity index (χ4n) is 5.50. The summed E-state index contributed by atoms with van der Waals surface area (Å²) in [5, 5.41) is 4.78. The number of halogens is 1. The van der Waals surface area contributed by atoms with Gasteiger partial charge in [0.05, 0.1) is 28.8 Å². The van der Waals surface area contributed by atoms with Crippen molar-refractivity contribution in [1.29, 1.82) is 0 Å². The van der Waals surface area contributed by atoms with Crippen LogP contribution in [0.15, 0.2) is 66.9 Å². The molecule has 3 heterocycles. The molecule has 0 radical (unpaired) electrons. The largest absolute Gasteiger partial charge is 0.410 e. The lowest BCUT2D eigenvalue weighted by Gasteiger charge is -2.38. The number of rotatable bonds is 5. The van der Waals surface area contributed by atoms with Gasteiger partial charge in [0.25, 0.3) is 11.8 Å². The van der Waals surface area contributed by atoms with Crippen LogP contribution < -0.4 is 5.32 Å². The predicted molar refractivity (Wildman–Crippen MR) is 160 cm³/mol. The molecule has 0 fully saturated rings. The molecule has 2 aliphatic rings. The smallest absolute Gasteiger partial charge is 0.259 e. The molecule has 2 atom stereocenters. The number of imide groups is 1. The second-order valence-corrected chi connectivity index (χ2v) is 17.1. The molecule has 2 amide bonds.